The minimum absolute atomic E-state index is 0.106. The largest absolute Gasteiger partial charge is 0.416 e. The number of hydrogen-bond acceptors (Lipinski definition) is 5. The lowest BCUT2D eigenvalue weighted by Crippen LogP contribution is -2.56. The molecule has 0 spiro atoms. The predicted molar refractivity (Wildman–Crippen MR) is 150 cm³/mol. The van der Waals surface area contributed by atoms with E-state index in [1.165, 1.54) is 22.6 Å². The molecule has 43 heavy (non-hydrogen) atoms. The van der Waals surface area contributed by atoms with Crippen molar-refractivity contribution in [3.05, 3.63) is 69.8 Å². The normalized spacial score (nSPS) is 22.9. The number of aromatic nitrogens is 2. The number of carbonyl (C=O) groups is 1. The lowest BCUT2D eigenvalue weighted by molar-refractivity contribution is -0.823. The lowest BCUT2D eigenvalue weighted by Gasteiger charge is -2.38. The Bertz CT molecular complexity index is 1750. The average Bonchev–Trinajstić information content (AvgIpc) is 3.47. The number of fused-ring (bicyclic) bond motifs is 1. The van der Waals surface area contributed by atoms with Gasteiger partial charge >= 0.3 is 12.4 Å². The van der Waals surface area contributed by atoms with Crippen LogP contribution in [0.5, 0.6) is 0 Å². The molecule has 2 aliphatic heterocycles. The second-order valence-electron chi connectivity index (χ2n) is 10.8. The summed E-state index contributed by atoms with van der Waals surface area (Å²) in [6, 6.07) is 6.34. The van der Waals surface area contributed by atoms with E-state index in [1.807, 2.05) is 7.05 Å². The molecular formula is C27H26F6N5O3S2+. The standard InChI is InChI=1S/C27H26F6N5O3S2/c1-38(9-7-20(8-10-38)36-43(2,40)41)25-35-24(39)23(42-25)12-16-3-6-22-18(11-16)14-34-37(22)15-17-4-5-19(26(28,29)30)13-21(17)27(31,32)33/h3-6,11-14,20,36H,7-10,15H2,1-2H3/q+1/b23-12-. The van der Waals surface area contributed by atoms with Crippen LogP contribution < -0.4 is 4.72 Å². The molecule has 8 nitrogen and oxygen atoms in total. The first-order chi connectivity index (χ1) is 19.9. The minimum Gasteiger partial charge on any atom is -0.271 e. The molecule has 2 aromatic carbocycles. The van der Waals surface area contributed by atoms with Gasteiger partial charge in [0.15, 0.2) is 0 Å². The fraction of sp³-hybridized carbons (Fsp3) is 0.370. The van der Waals surface area contributed by atoms with Gasteiger partial charge in [0.2, 0.25) is 10.0 Å². The number of amidine groups is 1. The van der Waals surface area contributed by atoms with Crippen LogP contribution in [0.15, 0.2) is 52.5 Å². The van der Waals surface area contributed by atoms with Crippen LogP contribution in [0.1, 0.15) is 35.1 Å². The zero-order valence-electron chi connectivity index (χ0n) is 22.8. The fourth-order valence-electron chi connectivity index (χ4n) is 5.17. The molecule has 230 valence electrons. The summed E-state index contributed by atoms with van der Waals surface area (Å²) in [6.07, 6.45) is -4.52. The van der Waals surface area contributed by atoms with Crippen molar-refractivity contribution in [1.29, 1.82) is 0 Å². The summed E-state index contributed by atoms with van der Waals surface area (Å²) in [4.78, 5) is 17.4. The highest BCUT2D eigenvalue weighted by molar-refractivity contribution is 8.18. The van der Waals surface area contributed by atoms with Gasteiger partial charge in [-0.25, -0.2) is 13.1 Å². The number of amides is 1. The Labute approximate surface area is 247 Å². The molecule has 3 aromatic rings. The Morgan fingerprint density at radius 2 is 1.77 bits per heavy atom. The van der Waals surface area contributed by atoms with Gasteiger partial charge in [-0.3, -0.25) is 14.0 Å². The summed E-state index contributed by atoms with van der Waals surface area (Å²) in [5.41, 5.74) is -2.04. The SMILES string of the molecule is C[N+]1(C2=NC(=O)/C(=C/c3ccc4c(cnn4Cc4ccc(C(F)(F)F)cc4C(F)(F)F)c3)S2)CCC(NS(C)(=O)=O)CC1. The van der Waals surface area contributed by atoms with Crippen molar-refractivity contribution >= 4 is 49.8 Å². The van der Waals surface area contributed by atoms with Gasteiger partial charge in [-0.1, -0.05) is 12.1 Å². The highest BCUT2D eigenvalue weighted by atomic mass is 32.2. The number of thioether (sulfide) groups is 1. The third-order valence-electron chi connectivity index (χ3n) is 7.42. The molecule has 1 aromatic heterocycles. The van der Waals surface area contributed by atoms with Crippen LogP contribution in [-0.4, -0.2) is 66.2 Å². The summed E-state index contributed by atoms with van der Waals surface area (Å²) < 4.78 is 107. The summed E-state index contributed by atoms with van der Waals surface area (Å²) in [5.74, 6) is -0.409. The maximum absolute atomic E-state index is 13.6. The molecule has 1 amide bonds. The Morgan fingerprint density at radius 3 is 2.40 bits per heavy atom. The molecule has 16 heteroatoms. The van der Waals surface area contributed by atoms with E-state index in [0.29, 0.717) is 63.0 Å². The van der Waals surface area contributed by atoms with Gasteiger partial charge in [-0.15, -0.1) is 4.99 Å². The summed E-state index contributed by atoms with van der Waals surface area (Å²) >= 11 is 1.24. The van der Waals surface area contributed by atoms with Crippen LogP contribution in [0.2, 0.25) is 0 Å². The maximum Gasteiger partial charge on any atom is 0.416 e. The second-order valence-corrected chi connectivity index (χ2v) is 13.6. The number of halogens is 6. The number of aliphatic imine (C=N–C) groups is 1. The Morgan fingerprint density at radius 1 is 1.07 bits per heavy atom. The number of sulfonamides is 1. The van der Waals surface area contributed by atoms with Gasteiger partial charge in [0, 0.05) is 24.3 Å². The number of nitrogens with one attached hydrogen (secondary N) is 1. The van der Waals surface area contributed by atoms with Gasteiger partial charge in [0.05, 0.1) is 60.7 Å². The smallest absolute Gasteiger partial charge is 0.271 e. The van der Waals surface area contributed by atoms with E-state index in [9.17, 15) is 39.6 Å². The van der Waals surface area contributed by atoms with Crippen LogP contribution in [0, 0.1) is 0 Å². The van der Waals surface area contributed by atoms with Crippen LogP contribution in [0.25, 0.3) is 17.0 Å². The number of quaternary nitrogens is 1. The maximum atomic E-state index is 13.6. The highest BCUT2D eigenvalue weighted by Crippen LogP contribution is 2.38. The zero-order chi connectivity index (χ0) is 31.4. The number of piperidine rings is 1. The topological polar surface area (TPSA) is 93.4 Å². The molecule has 0 aliphatic carbocycles. The van der Waals surface area contributed by atoms with E-state index in [4.69, 9.17) is 0 Å². The summed E-state index contributed by atoms with van der Waals surface area (Å²) in [6.45, 7) is 0.791. The van der Waals surface area contributed by atoms with Crippen molar-refractivity contribution in [2.45, 2.75) is 37.8 Å². The van der Waals surface area contributed by atoms with Gasteiger partial charge < -0.3 is 0 Å². The molecular weight excluding hydrogens is 620 g/mol. The first-order valence-electron chi connectivity index (χ1n) is 13.0. The molecule has 5 rings (SSSR count). The Balaban J connectivity index is 1.32. The third kappa shape index (κ3) is 6.97. The van der Waals surface area contributed by atoms with Gasteiger partial charge in [-0.2, -0.15) is 31.4 Å². The molecule has 0 unspecified atom stereocenters. The molecule has 0 atom stereocenters. The molecule has 1 fully saturated rings. The molecule has 1 N–H and O–H groups in total. The van der Waals surface area contributed by atoms with Crippen molar-refractivity contribution in [2.75, 3.05) is 26.4 Å². The molecule has 1 saturated heterocycles. The van der Waals surface area contributed by atoms with E-state index < -0.39 is 46.0 Å². The molecule has 3 heterocycles. The van der Waals surface area contributed by atoms with E-state index >= 15 is 0 Å². The first-order valence-corrected chi connectivity index (χ1v) is 15.7. The average molecular weight is 647 g/mol. The number of benzene rings is 2. The van der Waals surface area contributed by atoms with Crippen molar-refractivity contribution in [3.8, 4) is 0 Å². The Kier molecular flexibility index (Phi) is 8.03. The number of likely N-dealkylation sites (tertiary alicyclic amines) is 1. The molecule has 2 aliphatic rings. The van der Waals surface area contributed by atoms with E-state index in [1.54, 1.807) is 24.3 Å². The van der Waals surface area contributed by atoms with Gasteiger partial charge in [0.1, 0.15) is 0 Å². The van der Waals surface area contributed by atoms with Crippen molar-refractivity contribution in [2.24, 2.45) is 4.99 Å². The minimum atomic E-state index is -4.99. The fourth-order valence-corrected chi connectivity index (χ4v) is 7.06. The molecule has 0 saturated carbocycles. The first kappa shape index (κ1) is 31.2. The van der Waals surface area contributed by atoms with Gasteiger partial charge in [0.25, 0.3) is 11.1 Å². The van der Waals surface area contributed by atoms with Crippen molar-refractivity contribution in [1.82, 2.24) is 14.5 Å². The lowest BCUT2D eigenvalue weighted by atomic mass is 10.0. The molecule has 0 bridgehead atoms. The van der Waals surface area contributed by atoms with Crippen LogP contribution in [-0.2, 0) is 33.7 Å². The predicted octanol–water partition coefficient (Wildman–Crippen LogP) is 5.25. The van der Waals surface area contributed by atoms with Crippen LogP contribution in [0.4, 0.5) is 26.3 Å². The van der Waals surface area contributed by atoms with E-state index in [0.717, 1.165) is 12.3 Å². The zero-order valence-corrected chi connectivity index (χ0v) is 24.5. The third-order valence-corrected chi connectivity index (χ3v) is 9.41. The summed E-state index contributed by atoms with van der Waals surface area (Å²) in [7, 11) is -1.38. The summed E-state index contributed by atoms with van der Waals surface area (Å²) in [5, 5.41) is 5.32. The van der Waals surface area contributed by atoms with Crippen LogP contribution >= 0.6 is 11.8 Å². The van der Waals surface area contributed by atoms with Gasteiger partial charge in [-0.05, 0) is 53.2 Å². The number of rotatable bonds is 5. The van der Waals surface area contributed by atoms with Crippen LogP contribution in [0.3, 0.4) is 0 Å². The quantitative estimate of drug-likeness (QED) is 0.232. The number of alkyl halides is 6. The van der Waals surface area contributed by atoms with E-state index in [2.05, 4.69) is 14.8 Å². The molecule has 0 radical (unpaired) electrons. The number of hydrogen-bond donors (Lipinski definition) is 1. The van der Waals surface area contributed by atoms with Crippen molar-refractivity contribution < 1.29 is 44.0 Å². The van der Waals surface area contributed by atoms with E-state index in [-0.39, 0.29) is 17.7 Å². The number of carbonyl (C=O) groups excluding carboxylic acids is 1. The monoisotopic (exact) mass is 646 g/mol. The highest BCUT2D eigenvalue weighted by Gasteiger charge is 2.41. The Hall–Kier alpha value is -3.21. The number of nitrogens with zero attached hydrogens (tertiary/aromatic N) is 4. The second kappa shape index (κ2) is 11.1. The van der Waals surface area contributed by atoms with Crippen molar-refractivity contribution in [3.63, 3.8) is 0 Å².